The third kappa shape index (κ3) is 3.23. The molecule has 1 aromatic heterocycles. The molecule has 1 fully saturated rings. The van der Waals surface area contributed by atoms with Crippen LogP contribution in [0, 0.1) is 0 Å². The molecule has 0 amide bonds. The lowest BCUT2D eigenvalue weighted by molar-refractivity contribution is 0.190. The summed E-state index contributed by atoms with van der Waals surface area (Å²) in [6.45, 7) is 4.79. The molecule has 4 heteroatoms. The highest BCUT2D eigenvalue weighted by Gasteiger charge is 2.24. The van der Waals surface area contributed by atoms with Gasteiger partial charge in [-0.15, -0.1) is 0 Å². The van der Waals surface area contributed by atoms with Crippen LogP contribution >= 0.6 is 0 Å². The van der Waals surface area contributed by atoms with E-state index in [9.17, 15) is 0 Å². The van der Waals surface area contributed by atoms with Crippen molar-refractivity contribution in [3.63, 3.8) is 0 Å². The Morgan fingerprint density at radius 1 is 1.00 bits per heavy atom. The molecule has 3 rings (SSSR count). The second-order valence-electron chi connectivity index (χ2n) is 5.40. The van der Waals surface area contributed by atoms with Crippen LogP contribution in [-0.2, 0) is 0 Å². The smallest absolute Gasteiger partial charge is 0.0487 e. The zero-order valence-electron chi connectivity index (χ0n) is 12.2. The van der Waals surface area contributed by atoms with Gasteiger partial charge in [0, 0.05) is 56.8 Å². The summed E-state index contributed by atoms with van der Waals surface area (Å²) in [5.74, 6) is 0. The van der Waals surface area contributed by atoms with Crippen molar-refractivity contribution in [2.24, 2.45) is 5.73 Å². The quantitative estimate of drug-likeness (QED) is 0.930. The average molecular weight is 282 g/mol. The van der Waals surface area contributed by atoms with E-state index in [1.165, 1.54) is 11.3 Å². The van der Waals surface area contributed by atoms with Crippen LogP contribution in [0.15, 0.2) is 54.9 Å². The van der Waals surface area contributed by atoms with E-state index >= 15 is 0 Å². The SMILES string of the molecule is NC[C@H](c1cccnc1)N1CCN(c2ccccc2)CC1. The van der Waals surface area contributed by atoms with Crippen LogP contribution in [0.3, 0.4) is 0 Å². The van der Waals surface area contributed by atoms with E-state index in [1.807, 2.05) is 18.5 Å². The van der Waals surface area contributed by atoms with Gasteiger partial charge in [0.25, 0.3) is 0 Å². The number of pyridine rings is 1. The summed E-state index contributed by atoms with van der Waals surface area (Å²) in [5, 5.41) is 0. The zero-order valence-corrected chi connectivity index (χ0v) is 12.2. The standard InChI is InChI=1S/C17H22N4/c18-13-17(15-5-4-8-19-14-15)21-11-9-20(10-12-21)16-6-2-1-3-7-16/h1-8,14,17H,9-13,18H2/t17-/m1/s1. The molecule has 2 N–H and O–H groups in total. The van der Waals surface area contributed by atoms with Crippen molar-refractivity contribution < 1.29 is 0 Å². The maximum atomic E-state index is 6.00. The Bertz CT molecular complexity index is 535. The van der Waals surface area contributed by atoms with Gasteiger partial charge >= 0.3 is 0 Å². The lowest BCUT2D eigenvalue weighted by atomic mass is 10.1. The summed E-state index contributed by atoms with van der Waals surface area (Å²) in [7, 11) is 0. The number of nitrogens with zero attached hydrogens (tertiary/aromatic N) is 3. The molecular formula is C17H22N4. The first-order valence-corrected chi connectivity index (χ1v) is 7.52. The van der Waals surface area contributed by atoms with Crippen molar-refractivity contribution in [1.82, 2.24) is 9.88 Å². The first kappa shape index (κ1) is 14.0. The highest BCUT2D eigenvalue weighted by Crippen LogP contribution is 2.22. The predicted molar refractivity (Wildman–Crippen MR) is 86.3 cm³/mol. The maximum absolute atomic E-state index is 6.00. The molecule has 0 saturated carbocycles. The largest absolute Gasteiger partial charge is 0.369 e. The fourth-order valence-corrected chi connectivity index (χ4v) is 3.00. The molecule has 110 valence electrons. The van der Waals surface area contributed by atoms with Crippen molar-refractivity contribution in [2.45, 2.75) is 6.04 Å². The van der Waals surface area contributed by atoms with Gasteiger partial charge in [0.2, 0.25) is 0 Å². The van der Waals surface area contributed by atoms with Crippen molar-refractivity contribution in [3.8, 4) is 0 Å². The maximum Gasteiger partial charge on any atom is 0.0487 e. The number of rotatable bonds is 4. The minimum atomic E-state index is 0.275. The highest BCUT2D eigenvalue weighted by molar-refractivity contribution is 5.46. The summed E-state index contributed by atoms with van der Waals surface area (Å²) in [6.07, 6.45) is 3.74. The summed E-state index contributed by atoms with van der Waals surface area (Å²) in [5.41, 5.74) is 8.52. The Morgan fingerprint density at radius 2 is 1.76 bits per heavy atom. The number of hydrogen-bond acceptors (Lipinski definition) is 4. The average Bonchev–Trinajstić information content (AvgIpc) is 2.58. The Balaban J connectivity index is 1.65. The summed E-state index contributed by atoms with van der Waals surface area (Å²) < 4.78 is 0. The number of benzene rings is 1. The molecule has 0 spiro atoms. The van der Waals surface area contributed by atoms with E-state index in [-0.39, 0.29) is 6.04 Å². The van der Waals surface area contributed by atoms with Crippen LogP contribution in [-0.4, -0.2) is 42.6 Å². The molecule has 0 aliphatic carbocycles. The lowest BCUT2D eigenvalue weighted by Crippen LogP contribution is -2.49. The predicted octanol–water partition coefficient (Wildman–Crippen LogP) is 1.90. The molecule has 4 nitrogen and oxygen atoms in total. The van der Waals surface area contributed by atoms with E-state index in [0.717, 1.165) is 26.2 Å². The molecule has 1 aromatic carbocycles. The van der Waals surface area contributed by atoms with Gasteiger partial charge in [0.1, 0.15) is 0 Å². The van der Waals surface area contributed by atoms with Gasteiger partial charge in [0.05, 0.1) is 0 Å². The minimum absolute atomic E-state index is 0.275. The lowest BCUT2D eigenvalue weighted by Gasteiger charge is -2.40. The van der Waals surface area contributed by atoms with Crippen LogP contribution in [0.4, 0.5) is 5.69 Å². The first-order valence-electron chi connectivity index (χ1n) is 7.52. The number of aromatic nitrogens is 1. The molecule has 0 unspecified atom stereocenters. The molecule has 0 radical (unpaired) electrons. The van der Waals surface area contributed by atoms with Gasteiger partial charge in [-0.05, 0) is 23.8 Å². The molecule has 1 aliphatic rings. The second-order valence-corrected chi connectivity index (χ2v) is 5.40. The topological polar surface area (TPSA) is 45.4 Å². The molecule has 21 heavy (non-hydrogen) atoms. The van der Waals surface area contributed by atoms with E-state index in [0.29, 0.717) is 6.54 Å². The summed E-state index contributed by atoms with van der Waals surface area (Å²) in [4.78, 5) is 9.12. The van der Waals surface area contributed by atoms with Gasteiger partial charge in [-0.2, -0.15) is 0 Å². The molecular weight excluding hydrogens is 260 g/mol. The van der Waals surface area contributed by atoms with Gasteiger partial charge < -0.3 is 10.6 Å². The van der Waals surface area contributed by atoms with E-state index in [1.54, 1.807) is 0 Å². The number of piperazine rings is 1. The molecule has 2 aromatic rings. The monoisotopic (exact) mass is 282 g/mol. The molecule has 0 bridgehead atoms. The Morgan fingerprint density at radius 3 is 2.38 bits per heavy atom. The van der Waals surface area contributed by atoms with E-state index < -0.39 is 0 Å². The zero-order chi connectivity index (χ0) is 14.5. The Labute approximate surface area is 126 Å². The van der Waals surface area contributed by atoms with Crippen LogP contribution in [0.1, 0.15) is 11.6 Å². The van der Waals surface area contributed by atoms with Gasteiger partial charge in [-0.1, -0.05) is 24.3 Å². The molecule has 1 aliphatic heterocycles. The third-order valence-corrected chi connectivity index (χ3v) is 4.17. The van der Waals surface area contributed by atoms with Crippen LogP contribution in [0.2, 0.25) is 0 Å². The van der Waals surface area contributed by atoms with Gasteiger partial charge in [-0.3, -0.25) is 9.88 Å². The second kappa shape index (κ2) is 6.70. The molecule has 1 atom stereocenters. The molecule has 1 saturated heterocycles. The number of anilines is 1. The fraction of sp³-hybridized carbons (Fsp3) is 0.353. The van der Waals surface area contributed by atoms with Crippen molar-refractivity contribution in [1.29, 1.82) is 0 Å². The first-order chi connectivity index (χ1) is 10.4. The molecule has 2 heterocycles. The van der Waals surface area contributed by atoms with Crippen molar-refractivity contribution in [2.75, 3.05) is 37.6 Å². The number of para-hydroxylation sites is 1. The van der Waals surface area contributed by atoms with Crippen molar-refractivity contribution >= 4 is 5.69 Å². The number of nitrogens with two attached hydrogens (primary N) is 1. The van der Waals surface area contributed by atoms with Crippen LogP contribution < -0.4 is 10.6 Å². The normalized spacial score (nSPS) is 17.7. The van der Waals surface area contributed by atoms with Crippen LogP contribution in [0.5, 0.6) is 0 Å². The Kier molecular flexibility index (Phi) is 4.48. The van der Waals surface area contributed by atoms with Gasteiger partial charge in [-0.25, -0.2) is 0 Å². The summed E-state index contributed by atoms with van der Waals surface area (Å²) >= 11 is 0. The van der Waals surface area contributed by atoms with Crippen molar-refractivity contribution in [3.05, 3.63) is 60.4 Å². The Hall–Kier alpha value is -1.91. The third-order valence-electron chi connectivity index (χ3n) is 4.17. The summed E-state index contributed by atoms with van der Waals surface area (Å²) in [6, 6.07) is 15.0. The number of hydrogen-bond donors (Lipinski definition) is 1. The highest BCUT2D eigenvalue weighted by atomic mass is 15.3. The fourth-order valence-electron chi connectivity index (χ4n) is 3.00. The van der Waals surface area contributed by atoms with Gasteiger partial charge in [0.15, 0.2) is 0 Å². The van der Waals surface area contributed by atoms with E-state index in [4.69, 9.17) is 5.73 Å². The van der Waals surface area contributed by atoms with Crippen LogP contribution in [0.25, 0.3) is 0 Å². The van der Waals surface area contributed by atoms with E-state index in [2.05, 4.69) is 51.2 Å². The minimum Gasteiger partial charge on any atom is -0.369 e.